The van der Waals surface area contributed by atoms with E-state index in [0.29, 0.717) is 12.6 Å². The van der Waals surface area contributed by atoms with E-state index in [4.69, 9.17) is 12.2 Å². The number of nitrogens with zero attached hydrogens (tertiary/aromatic N) is 1. The number of fused-ring (bicyclic) bond motifs is 1. The lowest BCUT2D eigenvalue weighted by Crippen LogP contribution is -3.14. The molecule has 1 aromatic carbocycles. The number of likely N-dealkylation sites (N-methyl/N-ethyl adjacent to an activating group) is 1. The van der Waals surface area contributed by atoms with Gasteiger partial charge in [0.25, 0.3) is 5.56 Å². The topological polar surface area (TPSA) is 52.6 Å². The van der Waals surface area contributed by atoms with Crippen molar-refractivity contribution in [2.45, 2.75) is 66.0 Å². The number of aromatic amines is 1. The highest BCUT2D eigenvalue weighted by Gasteiger charge is 2.30. The number of rotatable bonds is 8. The van der Waals surface area contributed by atoms with Crippen LogP contribution >= 0.6 is 12.2 Å². The lowest BCUT2D eigenvalue weighted by Gasteiger charge is -2.30. The number of aromatic nitrogens is 1. The number of aryl methyl sites for hydroxylation is 2. The second-order valence-corrected chi connectivity index (χ2v) is 9.05. The zero-order chi connectivity index (χ0) is 21.7. The number of quaternary nitrogens is 1. The number of pyridine rings is 1. The summed E-state index contributed by atoms with van der Waals surface area (Å²) < 4.78 is 0. The Morgan fingerprint density at radius 2 is 2.13 bits per heavy atom. The first-order valence-electron chi connectivity index (χ1n) is 11.4. The van der Waals surface area contributed by atoms with Crippen LogP contribution in [0.2, 0.25) is 0 Å². The first-order valence-corrected chi connectivity index (χ1v) is 11.8. The summed E-state index contributed by atoms with van der Waals surface area (Å²) in [6.07, 6.45) is 4.73. The molecule has 2 aromatic rings. The van der Waals surface area contributed by atoms with E-state index in [1.54, 1.807) is 4.90 Å². The molecule has 1 aromatic heterocycles. The second kappa shape index (κ2) is 10.4. The van der Waals surface area contributed by atoms with Crippen LogP contribution in [0.1, 0.15) is 56.2 Å². The van der Waals surface area contributed by atoms with Crippen molar-refractivity contribution in [1.82, 2.24) is 15.2 Å². The minimum Gasteiger partial charge on any atom is -0.363 e. The van der Waals surface area contributed by atoms with Crippen LogP contribution < -0.4 is 15.8 Å². The fourth-order valence-corrected chi connectivity index (χ4v) is 4.77. The van der Waals surface area contributed by atoms with E-state index in [1.807, 2.05) is 6.07 Å². The molecule has 1 aliphatic rings. The molecule has 0 amide bonds. The molecule has 2 heterocycles. The molecule has 0 aliphatic carbocycles. The fourth-order valence-electron chi connectivity index (χ4n) is 4.53. The summed E-state index contributed by atoms with van der Waals surface area (Å²) in [6, 6.07) is 6.83. The number of benzene rings is 1. The molecular formula is C24H37N4OS+. The molecule has 0 spiro atoms. The minimum atomic E-state index is -0.0105. The maximum Gasteiger partial charge on any atom is 0.253 e. The zero-order valence-electron chi connectivity index (χ0n) is 18.9. The van der Waals surface area contributed by atoms with E-state index < -0.39 is 0 Å². The van der Waals surface area contributed by atoms with Crippen LogP contribution in [0, 0.1) is 13.8 Å². The number of hydrogen-bond donors (Lipinski definition) is 3. The standard InChI is InChI=1S/C24H36N4OS/c1-5-7-12-25-24(30)28(16-21-9-8-13-27(21)6-2)15-20-14-19-11-10-17(3)18(4)22(19)26-23(20)29/h10-11,14,21H,5-9,12-13,15-16H2,1-4H3,(H,25,30)(H,26,29)/p+1/t21-/m1/s1. The van der Waals surface area contributed by atoms with E-state index >= 15 is 0 Å². The molecule has 3 rings (SSSR count). The molecule has 1 aliphatic heterocycles. The highest BCUT2D eigenvalue weighted by atomic mass is 32.1. The Balaban J connectivity index is 1.86. The highest BCUT2D eigenvalue weighted by molar-refractivity contribution is 7.80. The largest absolute Gasteiger partial charge is 0.363 e. The van der Waals surface area contributed by atoms with Gasteiger partial charge in [0.1, 0.15) is 6.04 Å². The number of likely N-dealkylation sites (tertiary alicyclic amines) is 1. The van der Waals surface area contributed by atoms with E-state index in [1.165, 1.54) is 24.9 Å². The van der Waals surface area contributed by atoms with Crippen LogP contribution in [0.3, 0.4) is 0 Å². The summed E-state index contributed by atoms with van der Waals surface area (Å²) in [5.74, 6) is 0. The summed E-state index contributed by atoms with van der Waals surface area (Å²) >= 11 is 5.77. The normalized spacial score (nSPS) is 18.7. The van der Waals surface area contributed by atoms with Crippen molar-refractivity contribution in [3.63, 3.8) is 0 Å². The summed E-state index contributed by atoms with van der Waals surface area (Å²) in [6.45, 7) is 13.3. The number of nitrogens with one attached hydrogen (secondary N) is 3. The summed E-state index contributed by atoms with van der Waals surface area (Å²) in [5.41, 5.74) is 4.04. The minimum absolute atomic E-state index is 0.0105. The van der Waals surface area contributed by atoms with Crippen molar-refractivity contribution >= 4 is 28.2 Å². The molecule has 30 heavy (non-hydrogen) atoms. The summed E-state index contributed by atoms with van der Waals surface area (Å²) in [4.78, 5) is 19.9. The van der Waals surface area contributed by atoms with E-state index in [0.717, 1.165) is 59.6 Å². The van der Waals surface area contributed by atoms with Crippen LogP contribution in [0.4, 0.5) is 0 Å². The van der Waals surface area contributed by atoms with Gasteiger partial charge in [0.2, 0.25) is 0 Å². The smallest absolute Gasteiger partial charge is 0.253 e. The van der Waals surface area contributed by atoms with Gasteiger partial charge < -0.3 is 20.1 Å². The summed E-state index contributed by atoms with van der Waals surface area (Å²) in [7, 11) is 0. The molecule has 164 valence electrons. The molecule has 0 saturated carbocycles. The van der Waals surface area contributed by atoms with Crippen molar-refractivity contribution in [2.75, 3.05) is 26.2 Å². The van der Waals surface area contributed by atoms with Crippen molar-refractivity contribution < 1.29 is 4.90 Å². The number of H-pyrrole nitrogens is 1. The van der Waals surface area contributed by atoms with Gasteiger partial charge in [-0.05, 0) is 62.0 Å². The van der Waals surface area contributed by atoms with Gasteiger partial charge in [-0.1, -0.05) is 25.5 Å². The Morgan fingerprint density at radius 3 is 2.87 bits per heavy atom. The Morgan fingerprint density at radius 1 is 1.33 bits per heavy atom. The van der Waals surface area contributed by atoms with Crippen molar-refractivity contribution in [3.05, 3.63) is 45.2 Å². The maximum absolute atomic E-state index is 12.9. The van der Waals surface area contributed by atoms with Crippen LogP contribution in [-0.4, -0.2) is 47.2 Å². The molecule has 1 saturated heterocycles. The van der Waals surface area contributed by atoms with E-state index in [2.05, 4.69) is 55.0 Å². The van der Waals surface area contributed by atoms with Gasteiger partial charge in [0.15, 0.2) is 5.11 Å². The van der Waals surface area contributed by atoms with Gasteiger partial charge >= 0.3 is 0 Å². The molecular weight excluding hydrogens is 392 g/mol. The quantitative estimate of drug-likeness (QED) is 0.446. The third-order valence-corrected chi connectivity index (χ3v) is 7.01. The third-order valence-electron chi connectivity index (χ3n) is 6.61. The van der Waals surface area contributed by atoms with Crippen molar-refractivity contribution in [3.8, 4) is 0 Å². The zero-order valence-corrected chi connectivity index (χ0v) is 19.8. The average molecular weight is 430 g/mol. The van der Waals surface area contributed by atoms with Gasteiger partial charge in [0, 0.05) is 24.9 Å². The number of unbranched alkanes of at least 4 members (excludes halogenated alkanes) is 1. The van der Waals surface area contributed by atoms with Crippen molar-refractivity contribution in [1.29, 1.82) is 0 Å². The molecule has 1 fully saturated rings. The molecule has 0 radical (unpaired) electrons. The van der Waals surface area contributed by atoms with Gasteiger partial charge in [0.05, 0.1) is 31.7 Å². The Hall–Kier alpha value is -1.92. The molecule has 3 N–H and O–H groups in total. The average Bonchev–Trinajstić information content (AvgIpc) is 3.18. The Bertz CT molecular complexity index is 939. The summed E-state index contributed by atoms with van der Waals surface area (Å²) in [5, 5.41) is 5.27. The molecule has 1 unspecified atom stereocenters. The number of thiocarbonyl (C=S) groups is 1. The third kappa shape index (κ3) is 5.22. The lowest BCUT2D eigenvalue weighted by molar-refractivity contribution is -0.909. The van der Waals surface area contributed by atoms with Crippen LogP contribution in [0.5, 0.6) is 0 Å². The van der Waals surface area contributed by atoms with Crippen molar-refractivity contribution in [2.24, 2.45) is 0 Å². The number of hydrogen-bond acceptors (Lipinski definition) is 2. The van der Waals surface area contributed by atoms with Gasteiger partial charge in [-0.2, -0.15) is 0 Å². The molecule has 5 nitrogen and oxygen atoms in total. The Labute approximate surface area is 185 Å². The first kappa shape index (κ1) is 22.8. The predicted octanol–water partition coefficient (Wildman–Crippen LogP) is 2.69. The van der Waals surface area contributed by atoms with Crippen LogP contribution in [0.15, 0.2) is 23.0 Å². The van der Waals surface area contributed by atoms with Gasteiger partial charge in [-0.15, -0.1) is 0 Å². The first-order chi connectivity index (χ1) is 14.4. The lowest BCUT2D eigenvalue weighted by atomic mass is 10.0. The highest BCUT2D eigenvalue weighted by Crippen LogP contribution is 2.19. The Kier molecular flexibility index (Phi) is 7.89. The predicted molar refractivity (Wildman–Crippen MR) is 129 cm³/mol. The van der Waals surface area contributed by atoms with E-state index in [-0.39, 0.29) is 5.56 Å². The maximum atomic E-state index is 12.9. The van der Waals surface area contributed by atoms with Gasteiger partial charge in [-0.3, -0.25) is 4.79 Å². The van der Waals surface area contributed by atoms with Crippen LogP contribution in [-0.2, 0) is 6.54 Å². The fraction of sp³-hybridized carbons (Fsp3) is 0.583. The SMILES string of the molecule is CCCCNC(=S)N(Cc1cc2ccc(C)c(C)c2[nH]c1=O)C[C@H]1CCC[NH+]1CC. The monoisotopic (exact) mass is 429 g/mol. The van der Waals surface area contributed by atoms with Crippen LogP contribution in [0.25, 0.3) is 10.9 Å². The second-order valence-electron chi connectivity index (χ2n) is 8.66. The molecule has 2 atom stereocenters. The van der Waals surface area contributed by atoms with E-state index in [9.17, 15) is 4.79 Å². The molecule has 0 bridgehead atoms. The van der Waals surface area contributed by atoms with Gasteiger partial charge in [-0.25, -0.2) is 0 Å². The molecule has 6 heteroatoms.